The maximum atomic E-state index is 11.4. The fraction of sp³-hybridized carbons (Fsp3) is 0.963. The first-order chi connectivity index (χ1) is 16.6. The molecule has 3 unspecified atom stereocenters. The summed E-state index contributed by atoms with van der Waals surface area (Å²) in [6.07, 6.45) is 17.9. The largest absolute Gasteiger partial charge is 0.458 e. The third kappa shape index (κ3) is 26.6. The standard InChI is InChI=1S/C27H57NO6P/c1-7-8-9-10-11-12-13-14-15-16-17-18-19-20-21-31-23-27(33-26(3)29)24-32-35(30)34-25(2)22-28(4,5)6/h25,27,30H,7-24H2,1-6H3/q+1. The van der Waals surface area contributed by atoms with E-state index in [-0.39, 0.29) is 25.3 Å². The fourth-order valence-corrected chi connectivity index (χ4v) is 4.83. The summed E-state index contributed by atoms with van der Waals surface area (Å²) >= 11 is 0. The Morgan fingerprint density at radius 1 is 0.829 bits per heavy atom. The van der Waals surface area contributed by atoms with Crippen LogP contribution in [-0.2, 0) is 23.3 Å². The van der Waals surface area contributed by atoms with Gasteiger partial charge in [-0.2, -0.15) is 0 Å². The molecule has 0 aromatic rings. The van der Waals surface area contributed by atoms with Gasteiger partial charge in [0.05, 0.1) is 34.4 Å². The van der Waals surface area contributed by atoms with Crippen LogP contribution in [0.15, 0.2) is 0 Å². The van der Waals surface area contributed by atoms with Gasteiger partial charge in [-0.25, -0.2) is 0 Å². The first-order valence-corrected chi connectivity index (χ1v) is 15.1. The van der Waals surface area contributed by atoms with Crippen molar-refractivity contribution in [3.63, 3.8) is 0 Å². The molecule has 8 heteroatoms. The molecule has 0 rings (SSSR count). The van der Waals surface area contributed by atoms with Gasteiger partial charge in [0.15, 0.2) is 0 Å². The van der Waals surface area contributed by atoms with Crippen molar-refractivity contribution in [3.05, 3.63) is 0 Å². The number of carbonyl (C=O) groups is 1. The van der Waals surface area contributed by atoms with Crippen LogP contribution in [0.1, 0.15) is 111 Å². The zero-order valence-electron chi connectivity index (χ0n) is 23.8. The zero-order valence-corrected chi connectivity index (χ0v) is 24.7. The summed E-state index contributed by atoms with van der Waals surface area (Å²) in [4.78, 5) is 21.4. The summed E-state index contributed by atoms with van der Waals surface area (Å²) in [5.74, 6) is -0.389. The van der Waals surface area contributed by atoms with Crippen molar-refractivity contribution in [1.82, 2.24) is 0 Å². The van der Waals surface area contributed by atoms with E-state index in [1.807, 2.05) is 6.92 Å². The molecular formula is C27H57NO6P+. The van der Waals surface area contributed by atoms with E-state index in [4.69, 9.17) is 18.5 Å². The lowest BCUT2D eigenvalue weighted by Crippen LogP contribution is -2.40. The maximum absolute atomic E-state index is 11.4. The molecule has 0 aliphatic carbocycles. The minimum Gasteiger partial charge on any atom is -0.458 e. The Hall–Kier alpha value is -0.300. The number of nitrogens with zero attached hydrogens (tertiary/aromatic N) is 1. The number of carbonyl (C=O) groups excluding carboxylic acids is 1. The molecule has 0 bridgehead atoms. The van der Waals surface area contributed by atoms with E-state index in [9.17, 15) is 9.69 Å². The van der Waals surface area contributed by atoms with Crippen LogP contribution in [0, 0.1) is 0 Å². The molecule has 0 saturated carbocycles. The molecule has 0 amide bonds. The minimum absolute atomic E-state index is 0.0532. The molecule has 0 radical (unpaired) electrons. The number of unbranched alkanes of at least 4 members (excludes halogenated alkanes) is 13. The van der Waals surface area contributed by atoms with Crippen molar-refractivity contribution in [2.24, 2.45) is 0 Å². The van der Waals surface area contributed by atoms with E-state index in [0.717, 1.165) is 23.9 Å². The van der Waals surface area contributed by atoms with E-state index in [0.29, 0.717) is 6.61 Å². The monoisotopic (exact) mass is 522 g/mol. The second-order valence-corrected chi connectivity index (χ2v) is 11.8. The van der Waals surface area contributed by atoms with Crippen LogP contribution in [-0.4, -0.2) is 75.1 Å². The van der Waals surface area contributed by atoms with Gasteiger partial charge in [0, 0.05) is 13.5 Å². The number of quaternary nitrogens is 1. The Morgan fingerprint density at radius 2 is 1.31 bits per heavy atom. The molecule has 0 spiro atoms. The second kappa shape index (κ2) is 22.9. The molecule has 0 heterocycles. The van der Waals surface area contributed by atoms with E-state index in [2.05, 4.69) is 28.1 Å². The highest BCUT2D eigenvalue weighted by Crippen LogP contribution is 2.35. The lowest BCUT2D eigenvalue weighted by atomic mass is 10.0. The van der Waals surface area contributed by atoms with Gasteiger partial charge in [0.1, 0.15) is 18.8 Å². The molecule has 3 atom stereocenters. The maximum Gasteiger partial charge on any atom is 0.330 e. The summed E-state index contributed by atoms with van der Waals surface area (Å²) < 4.78 is 22.6. The van der Waals surface area contributed by atoms with Crippen LogP contribution in [0.2, 0.25) is 0 Å². The van der Waals surface area contributed by atoms with Crippen molar-refractivity contribution < 1.29 is 32.7 Å². The van der Waals surface area contributed by atoms with Gasteiger partial charge in [0.2, 0.25) is 0 Å². The molecule has 1 N–H and O–H groups in total. The molecule has 35 heavy (non-hydrogen) atoms. The van der Waals surface area contributed by atoms with Crippen molar-refractivity contribution in [2.75, 3.05) is 47.5 Å². The minimum atomic E-state index is -2.03. The van der Waals surface area contributed by atoms with Crippen LogP contribution in [0.5, 0.6) is 0 Å². The fourth-order valence-electron chi connectivity index (χ4n) is 4.10. The van der Waals surface area contributed by atoms with Gasteiger partial charge in [-0.05, 0) is 13.3 Å². The lowest BCUT2D eigenvalue weighted by Gasteiger charge is -2.28. The van der Waals surface area contributed by atoms with Crippen molar-refractivity contribution in [1.29, 1.82) is 0 Å². The number of likely N-dealkylation sites (N-methyl/N-ethyl adjacent to an activating group) is 1. The summed E-state index contributed by atoms with van der Waals surface area (Å²) in [6, 6.07) is 0. The highest BCUT2D eigenvalue weighted by molar-refractivity contribution is 7.40. The Morgan fingerprint density at radius 3 is 1.77 bits per heavy atom. The number of esters is 1. The average Bonchev–Trinajstić information content (AvgIpc) is 2.75. The summed E-state index contributed by atoms with van der Waals surface area (Å²) in [6.45, 7) is 7.24. The van der Waals surface area contributed by atoms with Crippen LogP contribution in [0.4, 0.5) is 0 Å². The van der Waals surface area contributed by atoms with Crippen molar-refractivity contribution in [2.45, 2.75) is 123 Å². The molecule has 0 fully saturated rings. The normalized spacial score (nSPS) is 14.6. The molecule has 0 aliphatic heterocycles. The Labute approximate surface area is 217 Å². The predicted molar refractivity (Wildman–Crippen MR) is 145 cm³/mol. The van der Waals surface area contributed by atoms with Crippen molar-refractivity contribution >= 4 is 14.6 Å². The van der Waals surface area contributed by atoms with Gasteiger partial charge < -0.3 is 27.9 Å². The van der Waals surface area contributed by atoms with Gasteiger partial charge in [-0.15, -0.1) is 0 Å². The number of hydrogen-bond donors (Lipinski definition) is 1. The molecule has 0 saturated heterocycles. The zero-order chi connectivity index (χ0) is 26.4. The average molecular weight is 523 g/mol. The van der Waals surface area contributed by atoms with Gasteiger partial charge in [-0.3, -0.25) is 4.79 Å². The molecular weight excluding hydrogens is 465 g/mol. The van der Waals surface area contributed by atoms with E-state index >= 15 is 0 Å². The van der Waals surface area contributed by atoms with Gasteiger partial charge in [0.25, 0.3) is 0 Å². The Balaban J connectivity index is 3.73. The van der Waals surface area contributed by atoms with Crippen LogP contribution >= 0.6 is 8.60 Å². The number of rotatable bonds is 25. The third-order valence-electron chi connectivity index (χ3n) is 5.72. The highest BCUT2D eigenvalue weighted by atomic mass is 31.2. The van der Waals surface area contributed by atoms with Gasteiger partial charge >= 0.3 is 14.6 Å². The summed E-state index contributed by atoms with van der Waals surface area (Å²) in [5.41, 5.74) is 0. The van der Waals surface area contributed by atoms with Crippen LogP contribution in [0.25, 0.3) is 0 Å². The smallest absolute Gasteiger partial charge is 0.330 e. The lowest BCUT2D eigenvalue weighted by molar-refractivity contribution is -0.873. The SMILES string of the molecule is CCCCCCCCCCCCCCCCOCC(COP(O)OC(C)C[N+](C)(C)C)OC(C)=O. The number of hydrogen-bond acceptors (Lipinski definition) is 6. The molecule has 0 aliphatic rings. The topological polar surface area (TPSA) is 74.2 Å². The molecule has 210 valence electrons. The summed E-state index contributed by atoms with van der Waals surface area (Å²) in [7, 11) is 4.16. The van der Waals surface area contributed by atoms with Crippen LogP contribution < -0.4 is 0 Å². The van der Waals surface area contributed by atoms with Crippen LogP contribution in [0.3, 0.4) is 0 Å². The Bertz CT molecular complexity index is 489. The van der Waals surface area contributed by atoms with E-state index in [1.165, 1.54) is 84.0 Å². The quantitative estimate of drug-likeness (QED) is 0.0618. The Kier molecular flexibility index (Phi) is 22.7. The van der Waals surface area contributed by atoms with Gasteiger partial charge in [-0.1, -0.05) is 90.4 Å². The van der Waals surface area contributed by atoms with Crippen molar-refractivity contribution in [3.8, 4) is 0 Å². The number of ether oxygens (including phenoxy) is 2. The molecule has 7 nitrogen and oxygen atoms in total. The molecule has 0 aromatic heterocycles. The summed E-state index contributed by atoms with van der Waals surface area (Å²) in [5, 5.41) is 0. The highest BCUT2D eigenvalue weighted by Gasteiger charge is 2.21. The first kappa shape index (κ1) is 34.7. The van der Waals surface area contributed by atoms with E-state index < -0.39 is 14.7 Å². The second-order valence-electron chi connectivity index (χ2n) is 10.8. The van der Waals surface area contributed by atoms with E-state index in [1.54, 1.807) is 0 Å². The third-order valence-corrected chi connectivity index (χ3v) is 6.63. The molecule has 0 aromatic carbocycles. The first-order valence-electron chi connectivity index (χ1n) is 14.0. The predicted octanol–water partition coefficient (Wildman–Crippen LogP) is 6.76.